The summed E-state index contributed by atoms with van der Waals surface area (Å²) in [5.41, 5.74) is 0.697. The van der Waals surface area contributed by atoms with Crippen LogP contribution in [0, 0.1) is 0 Å². The molecule has 0 aromatic carbocycles. The first-order chi connectivity index (χ1) is 9.86. The average molecular weight is 333 g/mol. The second-order valence-electron chi connectivity index (χ2n) is 4.05. The Kier molecular flexibility index (Phi) is 4.48. The molecule has 9 heteroatoms. The lowest BCUT2D eigenvalue weighted by molar-refractivity contribution is -0.131. The molecule has 0 spiro atoms. The molecule has 2 rings (SSSR count). The Labute approximate surface area is 128 Å². The minimum Gasteiger partial charge on any atom is -0.305 e. The first-order valence-corrected chi connectivity index (χ1v) is 7.34. The normalized spacial score (nSPS) is 11.5. The molecule has 0 unspecified atom stereocenters. The fourth-order valence-electron chi connectivity index (χ4n) is 1.58. The number of aromatic nitrogens is 3. The standard InChI is InChI=1S/C12H11ClF2N4OS/c1-18(11(20)12(14,15)21-2)9-7-19(17-10(9)13)8-4-3-5-16-6-8/h3-7H,1-2H3. The van der Waals surface area contributed by atoms with Crippen LogP contribution in [0.3, 0.4) is 0 Å². The molecular weight excluding hydrogens is 322 g/mol. The number of carbonyl (C=O) groups excluding carboxylic acids is 1. The molecular formula is C12H11ClF2N4OS. The molecule has 0 aliphatic rings. The molecule has 0 bridgehead atoms. The van der Waals surface area contributed by atoms with Gasteiger partial charge in [0.1, 0.15) is 5.69 Å². The molecule has 0 saturated carbocycles. The number of hydrogen-bond acceptors (Lipinski definition) is 4. The SMILES string of the molecule is CSC(F)(F)C(=O)N(C)c1cn(-c2cccnc2)nc1Cl. The summed E-state index contributed by atoms with van der Waals surface area (Å²) in [5.74, 6) is -1.36. The second-order valence-corrected chi connectivity index (χ2v) is 5.33. The molecule has 2 aromatic rings. The van der Waals surface area contributed by atoms with Crippen LogP contribution in [0.1, 0.15) is 0 Å². The van der Waals surface area contributed by atoms with Crippen molar-refractivity contribution in [1.29, 1.82) is 0 Å². The van der Waals surface area contributed by atoms with Crippen molar-refractivity contribution in [3.8, 4) is 5.69 Å². The van der Waals surface area contributed by atoms with Crippen LogP contribution < -0.4 is 4.90 Å². The predicted octanol–water partition coefficient (Wildman–Crippen LogP) is 2.84. The second kappa shape index (κ2) is 5.98. The van der Waals surface area contributed by atoms with E-state index in [0.29, 0.717) is 5.69 Å². The van der Waals surface area contributed by atoms with E-state index in [0.717, 1.165) is 11.2 Å². The molecule has 2 heterocycles. The number of rotatable bonds is 4. The molecule has 112 valence electrons. The maximum atomic E-state index is 13.4. The van der Waals surface area contributed by atoms with Crippen molar-refractivity contribution in [2.75, 3.05) is 18.2 Å². The van der Waals surface area contributed by atoms with E-state index in [-0.39, 0.29) is 22.6 Å². The highest BCUT2D eigenvalue weighted by Gasteiger charge is 2.41. The Morgan fingerprint density at radius 2 is 2.24 bits per heavy atom. The van der Waals surface area contributed by atoms with Crippen molar-refractivity contribution in [2.45, 2.75) is 5.25 Å². The van der Waals surface area contributed by atoms with Crippen molar-refractivity contribution >= 4 is 35.0 Å². The number of carbonyl (C=O) groups is 1. The lowest BCUT2D eigenvalue weighted by Crippen LogP contribution is -2.39. The Balaban J connectivity index is 2.34. The molecule has 0 saturated heterocycles. The minimum absolute atomic E-state index is 0.0494. The van der Waals surface area contributed by atoms with Gasteiger partial charge in [-0.3, -0.25) is 9.78 Å². The fraction of sp³-hybridized carbons (Fsp3) is 0.250. The van der Waals surface area contributed by atoms with Crippen LogP contribution in [-0.2, 0) is 4.79 Å². The van der Waals surface area contributed by atoms with Gasteiger partial charge in [0.15, 0.2) is 5.15 Å². The highest BCUT2D eigenvalue weighted by atomic mass is 35.5. The predicted molar refractivity (Wildman–Crippen MR) is 78.2 cm³/mol. The molecule has 0 aliphatic heterocycles. The number of anilines is 1. The van der Waals surface area contributed by atoms with Crippen LogP contribution in [0.2, 0.25) is 5.15 Å². The van der Waals surface area contributed by atoms with E-state index in [1.54, 1.807) is 18.3 Å². The van der Waals surface area contributed by atoms with Gasteiger partial charge in [0.05, 0.1) is 18.1 Å². The van der Waals surface area contributed by atoms with Gasteiger partial charge in [0.25, 0.3) is 0 Å². The van der Waals surface area contributed by atoms with Crippen molar-refractivity contribution in [1.82, 2.24) is 14.8 Å². The first kappa shape index (κ1) is 15.7. The number of hydrogen-bond donors (Lipinski definition) is 0. The number of amides is 1. The quantitative estimate of drug-likeness (QED) is 0.864. The van der Waals surface area contributed by atoms with Crippen LogP contribution in [0.25, 0.3) is 5.69 Å². The van der Waals surface area contributed by atoms with E-state index in [1.807, 2.05) is 0 Å². The first-order valence-electron chi connectivity index (χ1n) is 5.73. The maximum absolute atomic E-state index is 13.4. The minimum atomic E-state index is -3.52. The molecule has 0 fully saturated rings. The van der Waals surface area contributed by atoms with Crippen LogP contribution in [0.4, 0.5) is 14.5 Å². The summed E-state index contributed by atoms with van der Waals surface area (Å²) in [7, 11) is 1.23. The van der Waals surface area contributed by atoms with Crippen LogP contribution in [0.5, 0.6) is 0 Å². The number of thioether (sulfide) groups is 1. The van der Waals surface area contributed by atoms with Gasteiger partial charge in [-0.1, -0.05) is 23.4 Å². The topological polar surface area (TPSA) is 51.0 Å². The van der Waals surface area contributed by atoms with Gasteiger partial charge < -0.3 is 4.90 Å². The third kappa shape index (κ3) is 3.16. The zero-order chi connectivity index (χ0) is 15.6. The van der Waals surface area contributed by atoms with Crippen LogP contribution >= 0.6 is 23.4 Å². The zero-order valence-electron chi connectivity index (χ0n) is 11.1. The van der Waals surface area contributed by atoms with Gasteiger partial charge in [0, 0.05) is 13.2 Å². The van der Waals surface area contributed by atoms with Crippen molar-refractivity contribution < 1.29 is 13.6 Å². The number of pyridine rings is 1. The van der Waals surface area contributed by atoms with E-state index in [1.165, 1.54) is 24.1 Å². The summed E-state index contributed by atoms with van der Waals surface area (Å²) in [4.78, 5) is 16.5. The molecule has 0 radical (unpaired) electrons. The zero-order valence-corrected chi connectivity index (χ0v) is 12.7. The van der Waals surface area contributed by atoms with Crippen molar-refractivity contribution in [2.24, 2.45) is 0 Å². The van der Waals surface area contributed by atoms with Crippen LogP contribution in [0.15, 0.2) is 30.7 Å². The summed E-state index contributed by atoms with van der Waals surface area (Å²) in [5, 5.41) is 0.420. The molecule has 2 aromatic heterocycles. The Hall–Kier alpha value is -1.67. The third-order valence-corrected chi connectivity index (χ3v) is 3.69. The van der Waals surface area contributed by atoms with Crippen molar-refractivity contribution in [3.05, 3.63) is 35.9 Å². The van der Waals surface area contributed by atoms with E-state index in [9.17, 15) is 13.6 Å². The van der Waals surface area contributed by atoms with E-state index < -0.39 is 11.2 Å². The van der Waals surface area contributed by atoms with Crippen molar-refractivity contribution in [3.63, 3.8) is 0 Å². The molecule has 1 amide bonds. The molecule has 21 heavy (non-hydrogen) atoms. The summed E-state index contributed by atoms with van der Waals surface area (Å²) < 4.78 is 28.2. The lowest BCUT2D eigenvalue weighted by atomic mass is 10.4. The van der Waals surface area contributed by atoms with E-state index in [2.05, 4.69) is 10.1 Å². The summed E-state index contributed by atoms with van der Waals surface area (Å²) in [6, 6.07) is 3.42. The maximum Gasteiger partial charge on any atom is 0.370 e. The average Bonchev–Trinajstić information content (AvgIpc) is 2.88. The van der Waals surface area contributed by atoms with Crippen LogP contribution in [-0.4, -0.2) is 39.2 Å². The highest BCUT2D eigenvalue weighted by Crippen LogP contribution is 2.32. The van der Waals surface area contributed by atoms with Gasteiger partial charge >= 0.3 is 11.2 Å². The summed E-state index contributed by atoms with van der Waals surface area (Å²) in [6.07, 6.45) is 5.68. The van der Waals surface area contributed by atoms with Gasteiger partial charge in [-0.15, -0.1) is 0 Å². The number of alkyl halides is 2. The number of halogens is 3. The molecule has 0 atom stereocenters. The van der Waals surface area contributed by atoms with E-state index >= 15 is 0 Å². The molecule has 0 aliphatic carbocycles. The largest absolute Gasteiger partial charge is 0.370 e. The lowest BCUT2D eigenvalue weighted by Gasteiger charge is -2.20. The highest BCUT2D eigenvalue weighted by molar-refractivity contribution is 8.00. The van der Waals surface area contributed by atoms with Gasteiger partial charge in [-0.05, 0) is 18.4 Å². The summed E-state index contributed by atoms with van der Waals surface area (Å²) in [6.45, 7) is 0. The van der Waals surface area contributed by atoms with Gasteiger partial charge in [-0.25, -0.2) is 4.68 Å². The van der Waals surface area contributed by atoms with Gasteiger partial charge in [-0.2, -0.15) is 13.9 Å². The van der Waals surface area contributed by atoms with Gasteiger partial charge in [0.2, 0.25) is 0 Å². The smallest absolute Gasteiger partial charge is 0.305 e. The molecule has 0 N–H and O–H groups in total. The fourth-order valence-corrected chi connectivity index (χ4v) is 2.15. The monoisotopic (exact) mass is 332 g/mol. The molecule has 5 nitrogen and oxygen atoms in total. The Morgan fingerprint density at radius 1 is 1.52 bits per heavy atom. The van der Waals surface area contributed by atoms with E-state index in [4.69, 9.17) is 11.6 Å². The summed E-state index contributed by atoms with van der Waals surface area (Å²) >= 11 is 6.09. The Bertz CT molecular complexity index is 650. The number of nitrogens with zero attached hydrogens (tertiary/aromatic N) is 4. The Morgan fingerprint density at radius 3 is 2.81 bits per heavy atom. The third-order valence-electron chi connectivity index (χ3n) is 2.73.